The lowest BCUT2D eigenvalue weighted by Gasteiger charge is -2.40. The lowest BCUT2D eigenvalue weighted by molar-refractivity contribution is -0.132. The third-order valence-electron chi connectivity index (χ3n) is 9.27. The molecule has 0 atom stereocenters. The molecular weight excluding hydrogens is 574 g/mol. The first-order chi connectivity index (χ1) is 21.1. The fourth-order valence-corrected chi connectivity index (χ4v) is 6.77. The molecule has 44 heavy (non-hydrogen) atoms. The van der Waals surface area contributed by atoms with E-state index in [-0.39, 0.29) is 17.4 Å². The SMILES string of the molecule is C/C(=C\c1ccc(NC(=O)C2(NC(=O)c3ccc4c(C5CCCC5)c(-c5ccc(Cl)cc5)n(C)c4c3)CCC2)cc1)C(=O)O. The van der Waals surface area contributed by atoms with Crippen LogP contribution in [-0.4, -0.2) is 33.0 Å². The van der Waals surface area contributed by atoms with E-state index in [9.17, 15) is 14.4 Å². The molecule has 2 aliphatic rings. The minimum absolute atomic E-state index is 0.224. The number of nitrogens with one attached hydrogen (secondary N) is 2. The van der Waals surface area contributed by atoms with Crippen LogP contribution in [0.15, 0.2) is 72.3 Å². The van der Waals surface area contributed by atoms with Gasteiger partial charge in [0, 0.05) is 39.8 Å². The van der Waals surface area contributed by atoms with E-state index in [0.717, 1.165) is 47.0 Å². The Hall–Kier alpha value is -4.36. The molecule has 0 radical (unpaired) electrons. The standard InChI is InChI=1S/C36H36ClN3O4/c1-22(34(42)43)20-23-8-15-28(16-9-23)38-35(44)36(18-5-19-36)39-33(41)26-12-17-29-30(21-26)40(2)32(25-10-13-27(37)14-11-25)31(29)24-6-3-4-7-24/h8-17,20-21,24H,3-7,18-19H2,1-2H3,(H,38,44)(H,39,41)(H,42,43)/b22-20+. The fourth-order valence-electron chi connectivity index (χ4n) is 6.65. The Labute approximate surface area is 261 Å². The Morgan fingerprint density at radius 3 is 2.25 bits per heavy atom. The fraction of sp³-hybridized carbons (Fsp3) is 0.306. The third-order valence-corrected chi connectivity index (χ3v) is 9.52. The number of carbonyl (C=O) groups is 3. The van der Waals surface area contributed by atoms with Crippen molar-refractivity contribution >= 4 is 52.1 Å². The quantitative estimate of drug-likeness (QED) is 0.177. The number of carboxylic acid groups (broad SMARTS) is 1. The number of nitrogens with zero attached hydrogens (tertiary/aromatic N) is 1. The van der Waals surface area contributed by atoms with Gasteiger partial charge in [0.15, 0.2) is 0 Å². The predicted molar refractivity (Wildman–Crippen MR) is 175 cm³/mol. The third kappa shape index (κ3) is 5.64. The van der Waals surface area contributed by atoms with Gasteiger partial charge in [-0.05, 0) is 104 Å². The van der Waals surface area contributed by atoms with Gasteiger partial charge in [-0.25, -0.2) is 4.79 Å². The number of aryl methyl sites for hydroxylation is 1. The van der Waals surface area contributed by atoms with Gasteiger partial charge in [0.1, 0.15) is 5.54 Å². The summed E-state index contributed by atoms with van der Waals surface area (Å²) in [5.41, 5.74) is 5.66. The molecule has 2 fully saturated rings. The maximum atomic E-state index is 13.7. The molecule has 1 heterocycles. The van der Waals surface area contributed by atoms with Crippen LogP contribution in [0.3, 0.4) is 0 Å². The number of fused-ring (bicyclic) bond motifs is 1. The molecule has 2 amide bonds. The number of anilines is 1. The summed E-state index contributed by atoms with van der Waals surface area (Å²) in [5, 5.41) is 17.0. The Bertz CT molecular complexity index is 1780. The summed E-state index contributed by atoms with van der Waals surface area (Å²) in [4.78, 5) is 38.2. The van der Waals surface area contributed by atoms with Crippen LogP contribution < -0.4 is 10.6 Å². The molecule has 4 aromatic rings. The highest BCUT2D eigenvalue weighted by atomic mass is 35.5. The first-order valence-electron chi connectivity index (χ1n) is 15.2. The molecule has 0 bridgehead atoms. The molecule has 0 aliphatic heterocycles. The lowest BCUT2D eigenvalue weighted by Crippen LogP contribution is -2.61. The van der Waals surface area contributed by atoms with Gasteiger partial charge in [-0.3, -0.25) is 9.59 Å². The van der Waals surface area contributed by atoms with Crippen molar-refractivity contribution in [2.45, 2.75) is 63.3 Å². The van der Waals surface area contributed by atoms with Crippen LogP contribution in [-0.2, 0) is 16.6 Å². The summed E-state index contributed by atoms with van der Waals surface area (Å²) in [6, 6.07) is 20.8. The van der Waals surface area contributed by atoms with Crippen molar-refractivity contribution in [1.29, 1.82) is 0 Å². The number of halogens is 1. The van der Waals surface area contributed by atoms with Crippen molar-refractivity contribution in [3.8, 4) is 11.3 Å². The summed E-state index contributed by atoms with van der Waals surface area (Å²) < 4.78 is 2.19. The maximum absolute atomic E-state index is 13.7. The van der Waals surface area contributed by atoms with Crippen LogP contribution in [0.4, 0.5) is 5.69 Å². The van der Waals surface area contributed by atoms with E-state index in [1.807, 2.05) is 24.3 Å². The molecular formula is C36H36ClN3O4. The molecule has 2 aliphatic carbocycles. The maximum Gasteiger partial charge on any atom is 0.331 e. The lowest BCUT2D eigenvalue weighted by atomic mass is 9.75. The van der Waals surface area contributed by atoms with E-state index < -0.39 is 11.5 Å². The number of hydrogen-bond acceptors (Lipinski definition) is 3. The average molecular weight is 610 g/mol. The average Bonchev–Trinajstić information content (AvgIpc) is 3.62. The van der Waals surface area contributed by atoms with Crippen molar-refractivity contribution in [1.82, 2.24) is 9.88 Å². The highest BCUT2D eigenvalue weighted by molar-refractivity contribution is 6.30. The Balaban J connectivity index is 1.25. The first-order valence-corrected chi connectivity index (χ1v) is 15.6. The van der Waals surface area contributed by atoms with Gasteiger partial charge in [0.05, 0.1) is 5.69 Å². The zero-order valence-electron chi connectivity index (χ0n) is 25.0. The molecule has 0 unspecified atom stereocenters. The molecule has 0 saturated heterocycles. The van der Waals surface area contributed by atoms with E-state index in [0.29, 0.717) is 35.0 Å². The van der Waals surface area contributed by atoms with Crippen molar-refractivity contribution in [2.75, 3.05) is 5.32 Å². The molecule has 226 valence electrons. The van der Waals surface area contributed by atoms with Crippen molar-refractivity contribution < 1.29 is 19.5 Å². The second kappa shape index (κ2) is 12.0. The van der Waals surface area contributed by atoms with Gasteiger partial charge < -0.3 is 20.3 Å². The summed E-state index contributed by atoms with van der Waals surface area (Å²) >= 11 is 6.21. The van der Waals surface area contributed by atoms with E-state index in [1.54, 1.807) is 30.3 Å². The number of amides is 2. The predicted octanol–water partition coefficient (Wildman–Crippen LogP) is 7.94. The van der Waals surface area contributed by atoms with Crippen LogP contribution in [0.25, 0.3) is 28.2 Å². The molecule has 2 saturated carbocycles. The summed E-state index contributed by atoms with van der Waals surface area (Å²) in [6.07, 6.45) is 8.28. The van der Waals surface area contributed by atoms with Gasteiger partial charge in [-0.15, -0.1) is 0 Å². The van der Waals surface area contributed by atoms with Gasteiger partial charge in [0.2, 0.25) is 5.91 Å². The van der Waals surface area contributed by atoms with Gasteiger partial charge in [-0.1, -0.05) is 54.8 Å². The number of hydrogen-bond donors (Lipinski definition) is 3. The van der Waals surface area contributed by atoms with E-state index in [1.165, 1.54) is 25.3 Å². The number of carbonyl (C=O) groups excluding carboxylic acids is 2. The van der Waals surface area contributed by atoms with Crippen LogP contribution >= 0.6 is 11.6 Å². The molecule has 1 aromatic heterocycles. The minimum Gasteiger partial charge on any atom is -0.478 e. The molecule has 6 rings (SSSR count). The monoisotopic (exact) mass is 609 g/mol. The normalized spacial score (nSPS) is 16.5. The topological polar surface area (TPSA) is 100 Å². The number of rotatable bonds is 8. The first kappa shape index (κ1) is 29.7. The van der Waals surface area contributed by atoms with Gasteiger partial charge >= 0.3 is 5.97 Å². The smallest absolute Gasteiger partial charge is 0.331 e. The molecule has 7 nitrogen and oxygen atoms in total. The summed E-state index contributed by atoms with van der Waals surface area (Å²) in [6.45, 7) is 1.53. The number of carboxylic acids is 1. The van der Waals surface area contributed by atoms with Crippen molar-refractivity contribution in [3.05, 3.63) is 94.0 Å². The Kier molecular flexibility index (Phi) is 8.08. The highest BCUT2D eigenvalue weighted by Gasteiger charge is 2.45. The highest BCUT2D eigenvalue weighted by Crippen LogP contribution is 2.45. The second-order valence-corrected chi connectivity index (χ2v) is 12.6. The summed E-state index contributed by atoms with van der Waals surface area (Å²) in [5.74, 6) is -1.04. The van der Waals surface area contributed by atoms with Gasteiger partial charge in [0.25, 0.3) is 5.91 Å². The Morgan fingerprint density at radius 2 is 1.64 bits per heavy atom. The van der Waals surface area contributed by atoms with Crippen LogP contribution in [0.5, 0.6) is 0 Å². The minimum atomic E-state index is -0.984. The number of aromatic nitrogens is 1. The number of benzene rings is 3. The number of aliphatic carboxylic acids is 1. The molecule has 3 aromatic carbocycles. The van der Waals surface area contributed by atoms with Gasteiger partial charge in [-0.2, -0.15) is 0 Å². The van der Waals surface area contributed by atoms with Crippen LogP contribution in [0.2, 0.25) is 5.02 Å². The van der Waals surface area contributed by atoms with E-state index in [4.69, 9.17) is 16.7 Å². The molecule has 3 N–H and O–H groups in total. The van der Waals surface area contributed by atoms with Crippen molar-refractivity contribution in [2.24, 2.45) is 7.05 Å². The van der Waals surface area contributed by atoms with Crippen molar-refractivity contribution in [3.63, 3.8) is 0 Å². The van der Waals surface area contributed by atoms with Crippen LogP contribution in [0, 0.1) is 0 Å². The Morgan fingerprint density at radius 1 is 0.955 bits per heavy atom. The van der Waals surface area contributed by atoms with E-state index in [2.05, 4.69) is 40.4 Å². The largest absolute Gasteiger partial charge is 0.478 e. The molecule has 0 spiro atoms. The summed E-state index contributed by atoms with van der Waals surface area (Å²) in [7, 11) is 2.05. The zero-order chi connectivity index (χ0) is 31.0. The van der Waals surface area contributed by atoms with Crippen LogP contribution in [0.1, 0.15) is 79.3 Å². The zero-order valence-corrected chi connectivity index (χ0v) is 25.7. The van der Waals surface area contributed by atoms with E-state index >= 15 is 0 Å². The second-order valence-electron chi connectivity index (χ2n) is 12.1. The molecule has 8 heteroatoms.